The minimum atomic E-state index is -4.19. The van der Waals surface area contributed by atoms with Gasteiger partial charge < -0.3 is 0 Å². The van der Waals surface area contributed by atoms with Crippen molar-refractivity contribution >= 4 is 30.2 Å². The Morgan fingerprint density at radius 1 is 1.18 bits per heavy atom. The third-order valence-corrected chi connectivity index (χ3v) is 2.40. The summed E-state index contributed by atoms with van der Waals surface area (Å²) in [5.41, 5.74) is 0. The van der Waals surface area contributed by atoms with Crippen LogP contribution in [0.1, 0.15) is 0 Å². The summed E-state index contributed by atoms with van der Waals surface area (Å²) in [6, 6.07) is 0. The van der Waals surface area contributed by atoms with Crippen molar-refractivity contribution < 1.29 is 27.6 Å². The van der Waals surface area contributed by atoms with Crippen LogP contribution in [-0.4, -0.2) is 60.8 Å². The van der Waals surface area contributed by atoms with Crippen LogP contribution in [0.2, 0.25) is 0 Å². The van der Waals surface area contributed by atoms with Gasteiger partial charge in [-0.2, -0.15) is 0 Å². The molecule has 4 N–H and O–H groups in total. The third kappa shape index (κ3) is 18.0. The summed E-state index contributed by atoms with van der Waals surface area (Å²) >= 11 is -7.38. The van der Waals surface area contributed by atoms with Crippen molar-refractivity contribution in [2.24, 2.45) is 0 Å². The summed E-state index contributed by atoms with van der Waals surface area (Å²) in [7, 11) is 2.26. The Labute approximate surface area is 72.2 Å². The van der Waals surface area contributed by atoms with Crippen molar-refractivity contribution in [3.05, 3.63) is 0 Å². The van der Waals surface area contributed by atoms with E-state index in [9.17, 15) is 3.74 Å². The summed E-state index contributed by atoms with van der Waals surface area (Å²) in [5.74, 6) is 0. The quantitative estimate of drug-likeness (QED) is 0.403. The van der Waals surface area contributed by atoms with Gasteiger partial charge in [-0.25, -0.2) is 0 Å². The Morgan fingerprint density at radius 3 is 1.36 bits per heavy atom. The molecule has 0 amide bonds. The molecule has 0 aromatic carbocycles. The first-order chi connectivity index (χ1) is 4.85. The first kappa shape index (κ1) is 14.2. The summed E-state index contributed by atoms with van der Waals surface area (Å²) in [4.78, 5) is 0. The van der Waals surface area contributed by atoms with E-state index < -0.39 is 30.2 Å². The molecule has 0 bridgehead atoms. The van der Waals surface area contributed by atoms with Gasteiger partial charge in [0.25, 0.3) is 0 Å². The van der Waals surface area contributed by atoms with E-state index in [1.54, 1.807) is 0 Å². The number of hydrogen-bond acceptors (Lipinski definition) is 6. The van der Waals surface area contributed by atoms with E-state index in [0.717, 1.165) is 14.2 Å². The van der Waals surface area contributed by atoms with Gasteiger partial charge in [0.2, 0.25) is 0 Å². The fourth-order valence-corrected chi connectivity index (χ4v) is 0.387. The van der Waals surface area contributed by atoms with E-state index in [4.69, 9.17) is 16.4 Å². The molecule has 0 aliphatic carbocycles. The standard InChI is InChI=1S/C2H7AsO4.AsH3O3/c1-6-3(4,5)7-2;2-1(3)4/h1-2H3,(H,4,5);2-4H. The topological polar surface area (TPSA) is 116 Å². The van der Waals surface area contributed by atoms with Gasteiger partial charge in [-0.05, 0) is 0 Å². The molecule has 0 fully saturated rings. The second-order valence-electron chi connectivity index (χ2n) is 1.10. The van der Waals surface area contributed by atoms with Crippen LogP contribution < -0.4 is 0 Å². The molecule has 0 saturated heterocycles. The molecule has 0 aliphatic rings. The normalized spacial score (nSPS) is 10.8. The second kappa shape index (κ2) is 7.33. The fourth-order valence-electron chi connectivity index (χ4n) is 0.0745. The van der Waals surface area contributed by atoms with E-state index in [1.165, 1.54) is 0 Å². The predicted molar refractivity (Wildman–Crippen MR) is 35.1 cm³/mol. The molecule has 0 aromatic heterocycles. The molecule has 7 nitrogen and oxygen atoms in total. The Balaban J connectivity index is 0. The molecule has 0 radical (unpaired) electrons. The molecule has 0 aliphatic heterocycles. The molecule has 0 saturated carbocycles. The van der Waals surface area contributed by atoms with Gasteiger partial charge >= 0.3 is 72.0 Å². The Morgan fingerprint density at radius 2 is 1.36 bits per heavy atom. The first-order valence-electron chi connectivity index (χ1n) is 2.16. The van der Waals surface area contributed by atoms with Crippen LogP contribution in [-0.2, 0) is 11.2 Å². The van der Waals surface area contributed by atoms with Crippen molar-refractivity contribution in [3.8, 4) is 0 Å². The van der Waals surface area contributed by atoms with Gasteiger partial charge in [0, 0.05) is 0 Å². The third-order valence-electron chi connectivity index (χ3n) is 0.461. The van der Waals surface area contributed by atoms with Gasteiger partial charge in [0.15, 0.2) is 0 Å². The number of hydrogen-bond donors (Lipinski definition) is 4. The molecule has 70 valence electrons. The zero-order valence-electron chi connectivity index (χ0n) is 5.91. The van der Waals surface area contributed by atoms with Crippen molar-refractivity contribution in [1.29, 1.82) is 0 Å². The molecule has 0 heterocycles. The fraction of sp³-hybridized carbons (Fsp3) is 1.00. The van der Waals surface area contributed by atoms with Crippen molar-refractivity contribution in [3.63, 3.8) is 0 Å². The second-order valence-corrected chi connectivity index (χ2v) is 5.73. The predicted octanol–water partition coefficient (Wildman–Crippen LogP) is -2.91. The zero-order valence-corrected chi connectivity index (χ0v) is 9.66. The minimum absolute atomic E-state index is 1.13. The first-order valence-corrected chi connectivity index (χ1v) is 7.82. The van der Waals surface area contributed by atoms with E-state index in [0.29, 0.717) is 0 Å². The zero-order chi connectivity index (χ0) is 9.49. The van der Waals surface area contributed by atoms with Crippen LogP contribution in [0, 0.1) is 0 Å². The van der Waals surface area contributed by atoms with Gasteiger partial charge in [0.1, 0.15) is 0 Å². The molecular formula is C2H10As2O7. The molecular weight excluding hydrogens is 286 g/mol. The van der Waals surface area contributed by atoms with E-state index in [2.05, 4.69) is 7.45 Å². The van der Waals surface area contributed by atoms with Gasteiger partial charge in [-0.15, -0.1) is 0 Å². The van der Waals surface area contributed by atoms with Gasteiger partial charge in [-0.1, -0.05) is 0 Å². The summed E-state index contributed by atoms with van der Waals surface area (Å²) in [6.45, 7) is 0. The van der Waals surface area contributed by atoms with Crippen molar-refractivity contribution in [1.82, 2.24) is 0 Å². The molecule has 11 heavy (non-hydrogen) atoms. The molecule has 0 atom stereocenters. The van der Waals surface area contributed by atoms with Crippen molar-refractivity contribution in [2.45, 2.75) is 0 Å². The van der Waals surface area contributed by atoms with E-state index in [-0.39, 0.29) is 0 Å². The average Bonchev–Trinajstić information content (AvgIpc) is 1.87. The van der Waals surface area contributed by atoms with E-state index >= 15 is 0 Å². The van der Waals surface area contributed by atoms with Crippen LogP contribution >= 0.6 is 0 Å². The van der Waals surface area contributed by atoms with Gasteiger partial charge in [0.05, 0.1) is 0 Å². The van der Waals surface area contributed by atoms with Crippen LogP contribution in [0.25, 0.3) is 0 Å². The van der Waals surface area contributed by atoms with Crippen LogP contribution in [0.15, 0.2) is 0 Å². The summed E-state index contributed by atoms with van der Waals surface area (Å²) in [5, 5.41) is 0. The van der Waals surface area contributed by atoms with Crippen molar-refractivity contribution in [2.75, 3.05) is 14.2 Å². The maximum atomic E-state index is 10.1. The Kier molecular flexibility index (Phi) is 9.48. The summed E-state index contributed by atoms with van der Waals surface area (Å²) in [6.07, 6.45) is 0. The number of rotatable bonds is 2. The molecule has 0 aromatic rings. The Bertz CT molecular complexity index is 113. The van der Waals surface area contributed by atoms with Crippen LogP contribution in [0.3, 0.4) is 0 Å². The van der Waals surface area contributed by atoms with Crippen LogP contribution in [0.4, 0.5) is 0 Å². The molecule has 0 unspecified atom stereocenters. The summed E-state index contributed by atoms with van der Waals surface area (Å²) < 4.78 is 48.4. The maximum absolute atomic E-state index is 10.1. The Hall–Kier alpha value is 0.677. The van der Waals surface area contributed by atoms with E-state index in [1.807, 2.05) is 0 Å². The molecule has 9 heteroatoms. The molecule has 0 rings (SSSR count). The molecule has 0 spiro atoms. The average molecular weight is 296 g/mol. The van der Waals surface area contributed by atoms with Crippen LogP contribution in [0.5, 0.6) is 0 Å². The monoisotopic (exact) mass is 296 g/mol. The SMILES string of the molecule is CO[As](=O)(O)OC.O[As](O)O. The van der Waals surface area contributed by atoms with Gasteiger partial charge in [-0.3, -0.25) is 0 Å².